The monoisotopic (exact) mass is 355 g/mol. The van der Waals surface area contributed by atoms with E-state index in [0.29, 0.717) is 6.42 Å². The minimum atomic E-state index is -0.414. The summed E-state index contributed by atoms with van der Waals surface area (Å²) in [6, 6.07) is 15.1. The van der Waals surface area contributed by atoms with Gasteiger partial charge in [0.2, 0.25) is 0 Å². The predicted octanol–water partition coefficient (Wildman–Crippen LogP) is 3.93. The second-order valence-electron chi connectivity index (χ2n) is 6.26. The quantitative estimate of drug-likeness (QED) is 0.729. The summed E-state index contributed by atoms with van der Waals surface area (Å²) in [4.78, 5) is 24.0. The van der Waals surface area contributed by atoms with Crippen LogP contribution in [-0.2, 0) is 20.7 Å². The summed E-state index contributed by atoms with van der Waals surface area (Å²) in [5, 5.41) is 2.80. The van der Waals surface area contributed by atoms with E-state index in [4.69, 9.17) is 9.47 Å². The zero-order valence-corrected chi connectivity index (χ0v) is 15.5. The van der Waals surface area contributed by atoms with Gasteiger partial charge in [-0.15, -0.1) is 0 Å². The number of nitrogens with one attached hydrogen (secondary N) is 1. The molecule has 0 unspecified atom stereocenters. The Morgan fingerprint density at radius 3 is 2.46 bits per heavy atom. The Balaban J connectivity index is 1.81. The van der Waals surface area contributed by atoms with Crippen molar-refractivity contribution in [3.63, 3.8) is 0 Å². The molecule has 5 nitrogen and oxygen atoms in total. The van der Waals surface area contributed by atoms with Gasteiger partial charge in [-0.3, -0.25) is 9.59 Å². The van der Waals surface area contributed by atoms with Gasteiger partial charge in [0, 0.05) is 12.1 Å². The number of carbonyl (C=O) groups is 2. The van der Waals surface area contributed by atoms with Crippen LogP contribution in [0.3, 0.4) is 0 Å². The normalized spacial score (nSPS) is 10.5. The Kier molecular flexibility index (Phi) is 7.21. The number of hydrogen-bond acceptors (Lipinski definition) is 4. The molecule has 0 bridgehead atoms. The van der Waals surface area contributed by atoms with Crippen LogP contribution in [0.2, 0.25) is 0 Å². The zero-order chi connectivity index (χ0) is 18.9. The van der Waals surface area contributed by atoms with Crippen molar-refractivity contribution < 1.29 is 19.1 Å². The average molecular weight is 355 g/mol. The molecule has 5 heteroatoms. The Bertz CT molecular complexity index is 755. The standard InChI is InChI=1S/C21H25NO4/c1-15(2)17-9-5-6-10-18(17)22-20(23)14-26-21(24)13-12-16-8-4-7-11-19(16)25-3/h4-11,15H,12-14H2,1-3H3,(H,22,23). The highest BCUT2D eigenvalue weighted by atomic mass is 16.5. The smallest absolute Gasteiger partial charge is 0.306 e. The molecule has 0 saturated carbocycles. The van der Waals surface area contributed by atoms with Crippen LogP contribution in [0.4, 0.5) is 5.69 Å². The lowest BCUT2D eigenvalue weighted by Crippen LogP contribution is -2.21. The fourth-order valence-corrected chi connectivity index (χ4v) is 2.67. The molecule has 0 radical (unpaired) electrons. The summed E-state index contributed by atoms with van der Waals surface area (Å²) in [7, 11) is 1.59. The first-order chi connectivity index (χ1) is 12.5. The third kappa shape index (κ3) is 5.62. The molecule has 2 aromatic rings. The first-order valence-corrected chi connectivity index (χ1v) is 8.67. The van der Waals surface area contributed by atoms with Crippen LogP contribution < -0.4 is 10.1 Å². The van der Waals surface area contributed by atoms with Gasteiger partial charge < -0.3 is 14.8 Å². The van der Waals surface area contributed by atoms with Crippen molar-refractivity contribution in [2.45, 2.75) is 32.6 Å². The topological polar surface area (TPSA) is 64.6 Å². The number of amides is 1. The number of hydrogen-bond donors (Lipinski definition) is 1. The maximum absolute atomic E-state index is 12.1. The number of aryl methyl sites for hydroxylation is 1. The van der Waals surface area contributed by atoms with Crippen molar-refractivity contribution in [1.82, 2.24) is 0 Å². The van der Waals surface area contributed by atoms with Gasteiger partial charge in [0.1, 0.15) is 5.75 Å². The van der Waals surface area contributed by atoms with Crippen LogP contribution >= 0.6 is 0 Å². The average Bonchev–Trinajstić information content (AvgIpc) is 2.65. The van der Waals surface area contributed by atoms with E-state index in [1.165, 1.54) is 0 Å². The highest BCUT2D eigenvalue weighted by Gasteiger charge is 2.12. The van der Waals surface area contributed by atoms with Gasteiger partial charge in [-0.25, -0.2) is 0 Å². The summed E-state index contributed by atoms with van der Waals surface area (Å²) in [5.74, 6) is 0.269. The molecule has 26 heavy (non-hydrogen) atoms. The van der Waals surface area contributed by atoms with E-state index < -0.39 is 5.97 Å². The third-order valence-electron chi connectivity index (χ3n) is 4.01. The third-order valence-corrected chi connectivity index (χ3v) is 4.01. The van der Waals surface area contributed by atoms with Crippen LogP contribution in [0.25, 0.3) is 0 Å². The minimum Gasteiger partial charge on any atom is -0.496 e. The van der Waals surface area contributed by atoms with E-state index in [9.17, 15) is 9.59 Å². The van der Waals surface area contributed by atoms with Crippen LogP contribution in [0.5, 0.6) is 5.75 Å². The molecule has 0 fully saturated rings. The summed E-state index contributed by atoms with van der Waals surface area (Å²) in [6.45, 7) is 3.82. The number of carbonyl (C=O) groups excluding carboxylic acids is 2. The van der Waals surface area contributed by atoms with Crippen molar-refractivity contribution in [1.29, 1.82) is 0 Å². The predicted molar refractivity (Wildman–Crippen MR) is 101 cm³/mol. The molecule has 0 spiro atoms. The summed E-state index contributed by atoms with van der Waals surface area (Å²) in [6.07, 6.45) is 0.691. The largest absolute Gasteiger partial charge is 0.496 e. The molecule has 1 N–H and O–H groups in total. The second kappa shape index (κ2) is 9.61. The van der Waals surface area contributed by atoms with Gasteiger partial charge in [0.25, 0.3) is 5.91 Å². The summed E-state index contributed by atoms with van der Waals surface area (Å²) < 4.78 is 10.3. The molecule has 2 aromatic carbocycles. The molecule has 0 aliphatic heterocycles. The summed E-state index contributed by atoms with van der Waals surface area (Å²) in [5.41, 5.74) is 2.73. The Hall–Kier alpha value is -2.82. The van der Waals surface area contributed by atoms with Gasteiger partial charge >= 0.3 is 5.97 Å². The van der Waals surface area contributed by atoms with E-state index in [-0.39, 0.29) is 24.9 Å². The maximum atomic E-state index is 12.1. The lowest BCUT2D eigenvalue weighted by Gasteiger charge is -2.13. The molecule has 0 saturated heterocycles. The minimum absolute atomic E-state index is 0.191. The number of rotatable bonds is 8. The number of esters is 1. The zero-order valence-electron chi connectivity index (χ0n) is 15.5. The Morgan fingerprint density at radius 1 is 1.04 bits per heavy atom. The van der Waals surface area contributed by atoms with Crippen molar-refractivity contribution in [2.75, 3.05) is 19.0 Å². The first kappa shape index (κ1) is 19.5. The molecule has 2 rings (SSSR count). The fraction of sp³-hybridized carbons (Fsp3) is 0.333. The highest BCUT2D eigenvalue weighted by molar-refractivity contribution is 5.93. The van der Waals surface area contributed by atoms with Crippen molar-refractivity contribution in [2.24, 2.45) is 0 Å². The van der Waals surface area contributed by atoms with Crippen LogP contribution in [0, 0.1) is 0 Å². The van der Waals surface area contributed by atoms with Crippen LogP contribution in [0.1, 0.15) is 37.3 Å². The SMILES string of the molecule is COc1ccccc1CCC(=O)OCC(=O)Nc1ccccc1C(C)C. The van der Waals surface area contributed by atoms with E-state index in [1.807, 2.05) is 48.5 Å². The number of methoxy groups -OCH3 is 1. The Labute approximate surface area is 154 Å². The molecule has 138 valence electrons. The lowest BCUT2D eigenvalue weighted by molar-refractivity contribution is -0.147. The highest BCUT2D eigenvalue weighted by Crippen LogP contribution is 2.23. The van der Waals surface area contributed by atoms with Gasteiger partial charge in [0.05, 0.1) is 7.11 Å². The van der Waals surface area contributed by atoms with Gasteiger partial charge in [-0.05, 0) is 35.6 Å². The molecule has 0 aromatic heterocycles. The number of ether oxygens (including phenoxy) is 2. The van der Waals surface area contributed by atoms with Crippen molar-refractivity contribution >= 4 is 17.6 Å². The molecule has 1 amide bonds. The fourth-order valence-electron chi connectivity index (χ4n) is 2.67. The van der Waals surface area contributed by atoms with Crippen LogP contribution in [-0.4, -0.2) is 25.6 Å². The van der Waals surface area contributed by atoms with Gasteiger partial charge in [0.15, 0.2) is 6.61 Å². The first-order valence-electron chi connectivity index (χ1n) is 8.67. The van der Waals surface area contributed by atoms with E-state index in [1.54, 1.807) is 7.11 Å². The summed E-state index contributed by atoms with van der Waals surface area (Å²) >= 11 is 0. The molecular formula is C21H25NO4. The van der Waals surface area contributed by atoms with E-state index in [0.717, 1.165) is 22.6 Å². The molecular weight excluding hydrogens is 330 g/mol. The maximum Gasteiger partial charge on any atom is 0.306 e. The molecule has 0 aliphatic rings. The molecule has 0 heterocycles. The van der Waals surface area contributed by atoms with Crippen molar-refractivity contribution in [3.8, 4) is 5.75 Å². The van der Waals surface area contributed by atoms with Crippen LogP contribution in [0.15, 0.2) is 48.5 Å². The van der Waals surface area contributed by atoms with Gasteiger partial charge in [-0.1, -0.05) is 50.2 Å². The number of benzene rings is 2. The molecule has 0 atom stereocenters. The van der Waals surface area contributed by atoms with E-state index >= 15 is 0 Å². The number of para-hydroxylation sites is 2. The number of anilines is 1. The van der Waals surface area contributed by atoms with E-state index in [2.05, 4.69) is 19.2 Å². The molecule has 0 aliphatic carbocycles. The Morgan fingerprint density at radius 2 is 1.73 bits per heavy atom. The second-order valence-corrected chi connectivity index (χ2v) is 6.26. The van der Waals surface area contributed by atoms with Gasteiger partial charge in [-0.2, -0.15) is 0 Å². The lowest BCUT2D eigenvalue weighted by atomic mass is 10.0. The van der Waals surface area contributed by atoms with Crippen molar-refractivity contribution in [3.05, 3.63) is 59.7 Å².